The minimum absolute atomic E-state index is 0.951. The molecule has 14 heavy (non-hydrogen) atoms. The van der Waals surface area contributed by atoms with Crippen LogP contribution in [0.4, 0.5) is 0 Å². The summed E-state index contributed by atoms with van der Waals surface area (Å²) in [6.45, 7) is 0. The first-order valence-corrected chi connectivity index (χ1v) is 5.65. The van der Waals surface area contributed by atoms with Gasteiger partial charge in [0.2, 0.25) is 0 Å². The second kappa shape index (κ2) is 4.57. The highest BCUT2D eigenvalue weighted by atomic mass is 79.9. The van der Waals surface area contributed by atoms with Crippen molar-refractivity contribution in [3.05, 3.63) is 47.3 Å². The van der Waals surface area contributed by atoms with E-state index in [2.05, 4.69) is 32.0 Å². The molecule has 0 unspecified atom stereocenters. The maximum atomic E-state index is 4.15. The third-order valence-electron chi connectivity index (χ3n) is 1.61. The number of hydrogen-bond acceptors (Lipinski definition) is 3. The van der Waals surface area contributed by atoms with E-state index < -0.39 is 0 Å². The average molecular weight is 267 g/mol. The smallest absolute Gasteiger partial charge is 0.116 e. The molecule has 0 N–H and O–H groups in total. The minimum atomic E-state index is 0.951. The quantitative estimate of drug-likeness (QED) is 0.780. The molecule has 0 bridgehead atoms. The molecule has 0 aliphatic rings. The first-order valence-electron chi connectivity index (χ1n) is 4.04. The van der Waals surface area contributed by atoms with Crippen LogP contribution in [-0.2, 0) is 0 Å². The Hall–Kier alpha value is -0.870. The lowest BCUT2D eigenvalue weighted by atomic mass is 10.4. The summed E-state index contributed by atoms with van der Waals surface area (Å²) in [6.07, 6.45) is 3.30. The second-order valence-corrected chi connectivity index (χ2v) is 4.50. The Morgan fingerprint density at radius 1 is 1.14 bits per heavy atom. The molecule has 1 aromatic carbocycles. The molecule has 2 nitrogen and oxygen atoms in total. The van der Waals surface area contributed by atoms with E-state index in [0.29, 0.717) is 0 Å². The lowest BCUT2D eigenvalue weighted by Gasteiger charge is -2.01. The predicted octanol–water partition coefficient (Wildman–Crippen LogP) is 3.39. The van der Waals surface area contributed by atoms with Crippen molar-refractivity contribution in [2.24, 2.45) is 0 Å². The maximum absolute atomic E-state index is 4.15. The highest BCUT2D eigenvalue weighted by molar-refractivity contribution is 9.10. The minimum Gasteiger partial charge on any atom is -0.245 e. The lowest BCUT2D eigenvalue weighted by Crippen LogP contribution is -1.80. The number of rotatable bonds is 2. The van der Waals surface area contributed by atoms with Gasteiger partial charge in [0, 0.05) is 15.6 Å². The Morgan fingerprint density at radius 2 is 2.00 bits per heavy atom. The molecule has 1 aromatic heterocycles. The average Bonchev–Trinajstić information content (AvgIpc) is 2.23. The summed E-state index contributed by atoms with van der Waals surface area (Å²) in [5.41, 5.74) is 0. The molecule has 0 aliphatic heterocycles. The topological polar surface area (TPSA) is 25.8 Å². The summed E-state index contributed by atoms with van der Waals surface area (Å²) in [5.74, 6) is 0. The van der Waals surface area contributed by atoms with Gasteiger partial charge in [-0.3, -0.25) is 0 Å². The largest absolute Gasteiger partial charge is 0.245 e. The van der Waals surface area contributed by atoms with E-state index in [9.17, 15) is 0 Å². The van der Waals surface area contributed by atoms with Crippen LogP contribution in [0.3, 0.4) is 0 Å². The van der Waals surface area contributed by atoms with Crippen molar-refractivity contribution in [1.29, 1.82) is 0 Å². The van der Waals surface area contributed by atoms with Crippen molar-refractivity contribution in [2.45, 2.75) is 9.92 Å². The van der Waals surface area contributed by atoms with E-state index in [1.807, 2.05) is 24.3 Å². The fraction of sp³-hybridized carbons (Fsp3) is 0. The van der Waals surface area contributed by atoms with E-state index in [1.165, 1.54) is 0 Å². The van der Waals surface area contributed by atoms with E-state index in [1.54, 1.807) is 24.3 Å². The molecule has 0 fully saturated rings. The van der Waals surface area contributed by atoms with Crippen LogP contribution in [-0.4, -0.2) is 9.97 Å². The van der Waals surface area contributed by atoms with Gasteiger partial charge in [-0.1, -0.05) is 23.9 Å². The van der Waals surface area contributed by atoms with Crippen LogP contribution < -0.4 is 0 Å². The molecular formula is C10H7BrN2S. The first-order chi connectivity index (χ1) is 6.86. The summed E-state index contributed by atoms with van der Waals surface area (Å²) >= 11 is 5.11. The molecule has 0 spiro atoms. The Kier molecular flexibility index (Phi) is 3.16. The van der Waals surface area contributed by atoms with Crippen LogP contribution in [0.2, 0.25) is 0 Å². The fourth-order valence-electron chi connectivity index (χ4n) is 0.979. The van der Waals surface area contributed by atoms with E-state index in [0.717, 1.165) is 14.4 Å². The van der Waals surface area contributed by atoms with Crippen LogP contribution in [0, 0.1) is 0 Å². The van der Waals surface area contributed by atoms with Crippen LogP contribution >= 0.6 is 27.7 Å². The monoisotopic (exact) mass is 266 g/mol. The molecule has 0 aliphatic carbocycles. The van der Waals surface area contributed by atoms with E-state index in [-0.39, 0.29) is 0 Å². The summed E-state index contributed by atoms with van der Waals surface area (Å²) in [5, 5.41) is 0.951. The summed E-state index contributed by atoms with van der Waals surface area (Å²) in [6, 6.07) is 9.97. The lowest BCUT2D eigenvalue weighted by molar-refractivity contribution is 1.05. The van der Waals surface area contributed by atoms with Crippen LogP contribution in [0.15, 0.2) is 57.3 Å². The van der Waals surface area contributed by atoms with E-state index in [4.69, 9.17) is 0 Å². The highest BCUT2D eigenvalue weighted by Crippen LogP contribution is 2.31. The first kappa shape index (κ1) is 9.68. The number of aromatic nitrogens is 2. The van der Waals surface area contributed by atoms with Crippen LogP contribution in [0.25, 0.3) is 0 Å². The van der Waals surface area contributed by atoms with Crippen molar-refractivity contribution in [1.82, 2.24) is 9.97 Å². The summed E-state index contributed by atoms with van der Waals surface area (Å²) in [7, 11) is 0. The molecule has 0 amide bonds. The molecule has 0 atom stereocenters. The number of nitrogens with zero attached hydrogens (tertiary/aromatic N) is 2. The van der Waals surface area contributed by atoms with Gasteiger partial charge in [0.15, 0.2) is 0 Å². The SMILES string of the molecule is Brc1ccccc1Sc1ccncn1. The third-order valence-corrected chi connectivity index (χ3v) is 3.59. The zero-order valence-electron chi connectivity index (χ0n) is 7.22. The van der Waals surface area contributed by atoms with Gasteiger partial charge in [0.05, 0.1) is 0 Å². The van der Waals surface area contributed by atoms with Crippen molar-refractivity contribution < 1.29 is 0 Å². The predicted molar refractivity (Wildman–Crippen MR) is 60.3 cm³/mol. The highest BCUT2D eigenvalue weighted by Gasteiger charge is 2.01. The molecule has 70 valence electrons. The van der Waals surface area contributed by atoms with Crippen molar-refractivity contribution in [3.8, 4) is 0 Å². The second-order valence-electron chi connectivity index (χ2n) is 2.58. The number of halogens is 1. The third kappa shape index (κ3) is 2.33. The molecule has 2 rings (SSSR count). The van der Waals surface area contributed by atoms with Gasteiger partial charge in [0.1, 0.15) is 11.4 Å². The molecule has 1 heterocycles. The zero-order valence-corrected chi connectivity index (χ0v) is 9.62. The zero-order chi connectivity index (χ0) is 9.80. The standard InChI is InChI=1S/C10H7BrN2S/c11-8-3-1-2-4-9(8)14-10-5-6-12-7-13-10/h1-7H. The van der Waals surface area contributed by atoms with E-state index >= 15 is 0 Å². The van der Waals surface area contributed by atoms with Gasteiger partial charge in [-0.15, -0.1) is 0 Å². The van der Waals surface area contributed by atoms with Crippen molar-refractivity contribution >= 4 is 27.7 Å². The molecule has 0 radical (unpaired) electrons. The van der Waals surface area contributed by atoms with Gasteiger partial charge in [-0.25, -0.2) is 9.97 Å². The normalized spacial score (nSPS) is 10.1. The van der Waals surface area contributed by atoms with Crippen LogP contribution in [0.5, 0.6) is 0 Å². The Labute approximate surface area is 94.9 Å². The maximum Gasteiger partial charge on any atom is 0.116 e. The van der Waals surface area contributed by atoms with Gasteiger partial charge in [-0.05, 0) is 34.1 Å². The Balaban J connectivity index is 2.24. The van der Waals surface area contributed by atoms with Gasteiger partial charge >= 0.3 is 0 Å². The van der Waals surface area contributed by atoms with Gasteiger partial charge in [-0.2, -0.15) is 0 Å². The summed E-state index contributed by atoms with van der Waals surface area (Å²) in [4.78, 5) is 9.18. The summed E-state index contributed by atoms with van der Waals surface area (Å²) < 4.78 is 1.09. The molecule has 4 heteroatoms. The molecule has 2 aromatic rings. The van der Waals surface area contributed by atoms with Gasteiger partial charge in [0.25, 0.3) is 0 Å². The fourth-order valence-corrected chi connectivity index (χ4v) is 2.27. The van der Waals surface area contributed by atoms with Gasteiger partial charge < -0.3 is 0 Å². The van der Waals surface area contributed by atoms with Crippen molar-refractivity contribution in [2.75, 3.05) is 0 Å². The molecular weight excluding hydrogens is 260 g/mol. The number of hydrogen-bond donors (Lipinski definition) is 0. The number of benzene rings is 1. The Morgan fingerprint density at radius 3 is 2.71 bits per heavy atom. The Bertz CT molecular complexity index is 419. The molecule has 0 saturated heterocycles. The molecule has 0 saturated carbocycles. The van der Waals surface area contributed by atoms with Crippen LogP contribution in [0.1, 0.15) is 0 Å². The van der Waals surface area contributed by atoms with Crippen molar-refractivity contribution in [3.63, 3.8) is 0 Å².